The van der Waals surface area contributed by atoms with Crippen LogP contribution >= 0.6 is 30.7 Å². The van der Waals surface area contributed by atoms with Gasteiger partial charge in [-0.15, -0.1) is 11.3 Å². The highest BCUT2D eigenvalue weighted by Gasteiger charge is 2.29. The van der Waals surface area contributed by atoms with Gasteiger partial charge >= 0.3 is 7.60 Å². The lowest BCUT2D eigenvalue weighted by molar-refractivity contribution is 0.372. The van der Waals surface area contributed by atoms with Crippen molar-refractivity contribution in [1.82, 2.24) is 0 Å². The Morgan fingerprint density at radius 1 is 0.816 bits per heavy atom. The molecular weight excluding hydrogens is 529 g/mol. The number of anilines is 2. The van der Waals surface area contributed by atoms with Crippen molar-refractivity contribution in [3.05, 3.63) is 59.0 Å². The summed E-state index contributed by atoms with van der Waals surface area (Å²) in [6, 6.07) is 18.0. The Kier molecular flexibility index (Phi) is 8.91. The first-order valence-corrected chi connectivity index (χ1v) is 17.3. The molecule has 1 aromatic heterocycles. The van der Waals surface area contributed by atoms with E-state index in [-0.39, 0.29) is 17.0 Å². The molecule has 0 unspecified atom stereocenters. The van der Waals surface area contributed by atoms with Crippen LogP contribution in [0.2, 0.25) is 0 Å². The van der Waals surface area contributed by atoms with Gasteiger partial charge in [-0.25, -0.2) is 0 Å². The van der Waals surface area contributed by atoms with Gasteiger partial charge in [0.05, 0.1) is 17.5 Å². The third-order valence-electron chi connectivity index (χ3n) is 8.86. The van der Waals surface area contributed by atoms with Crippen molar-refractivity contribution in [3.8, 4) is 10.4 Å². The van der Waals surface area contributed by atoms with E-state index in [1.807, 2.05) is 23.1 Å². The first-order valence-electron chi connectivity index (χ1n) is 13.9. The first kappa shape index (κ1) is 29.4. The highest BCUT2D eigenvalue weighted by Crippen LogP contribution is 2.51. The van der Waals surface area contributed by atoms with E-state index in [1.54, 1.807) is 0 Å². The lowest BCUT2D eigenvalue weighted by atomic mass is 9.78. The zero-order valence-corrected chi connectivity index (χ0v) is 26.1. The SMILES string of the molecule is CCC(C)(CC)c1ccc2c(c1)Sc1cc(-c3ccc(C(C)(CC)CC)s3)ccc1N2CCCP(=O)(O)O. The van der Waals surface area contributed by atoms with Crippen molar-refractivity contribution in [2.45, 2.75) is 94.3 Å². The molecule has 0 saturated heterocycles. The normalized spacial score (nSPS) is 13.9. The summed E-state index contributed by atoms with van der Waals surface area (Å²) in [5, 5.41) is 0. The number of thiophene rings is 1. The minimum absolute atomic E-state index is 0.104. The quantitative estimate of drug-likeness (QED) is 0.224. The topological polar surface area (TPSA) is 60.8 Å². The lowest BCUT2D eigenvalue weighted by Crippen LogP contribution is -2.24. The van der Waals surface area contributed by atoms with Crippen molar-refractivity contribution in [1.29, 1.82) is 0 Å². The van der Waals surface area contributed by atoms with E-state index in [1.165, 1.54) is 30.7 Å². The minimum Gasteiger partial charge on any atom is -0.340 e. The van der Waals surface area contributed by atoms with Crippen LogP contribution in [0.25, 0.3) is 10.4 Å². The Balaban J connectivity index is 1.74. The molecule has 0 amide bonds. The molecule has 0 fully saturated rings. The maximum atomic E-state index is 11.6. The van der Waals surface area contributed by atoms with Crippen LogP contribution in [-0.4, -0.2) is 22.5 Å². The Bertz CT molecular complexity index is 1320. The summed E-state index contributed by atoms with van der Waals surface area (Å²) < 4.78 is 11.6. The van der Waals surface area contributed by atoms with Gasteiger partial charge in [0.2, 0.25) is 0 Å². The highest BCUT2D eigenvalue weighted by molar-refractivity contribution is 7.99. The van der Waals surface area contributed by atoms with Crippen molar-refractivity contribution >= 4 is 42.1 Å². The molecule has 0 atom stereocenters. The molecule has 206 valence electrons. The number of hydrogen-bond acceptors (Lipinski definition) is 4. The fourth-order valence-corrected chi connectivity index (χ4v) is 8.18. The summed E-state index contributed by atoms with van der Waals surface area (Å²) in [5.41, 5.74) is 5.15. The van der Waals surface area contributed by atoms with E-state index in [0.29, 0.717) is 13.0 Å². The monoisotopic (exact) mass is 571 g/mol. The lowest BCUT2D eigenvalue weighted by Gasteiger charge is -2.35. The van der Waals surface area contributed by atoms with Gasteiger partial charge in [-0.2, -0.15) is 0 Å². The zero-order valence-electron chi connectivity index (χ0n) is 23.6. The average molecular weight is 572 g/mol. The van der Waals surface area contributed by atoms with E-state index in [0.717, 1.165) is 37.1 Å². The molecule has 1 aliphatic heterocycles. The molecule has 0 spiro atoms. The fraction of sp³-hybridized carbons (Fsp3) is 0.484. The van der Waals surface area contributed by atoms with Crippen LogP contribution in [0.4, 0.5) is 11.4 Å². The first-order chi connectivity index (χ1) is 18.0. The molecule has 4 rings (SSSR count). The minimum atomic E-state index is -4.04. The Morgan fingerprint density at radius 2 is 1.42 bits per heavy atom. The molecule has 2 aromatic carbocycles. The largest absolute Gasteiger partial charge is 0.340 e. The molecule has 2 heterocycles. The van der Waals surface area contributed by atoms with Gasteiger partial charge in [-0.05, 0) is 85.0 Å². The van der Waals surface area contributed by atoms with Gasteiger partial charge in [0, 0.05) is 31.5 Å². The average Bonchev–Trinajstić information content (AvgIpc) is 3.41. The number of benzene rings is 2. The molecule has 1 aliphatic rings. The molecule has 0 saturated carbocycles. The second-order valence-corrected chi connectivity index (χ2v) is 15.0. The van der Waals surface area contributed by atoms with Gasteiger partial charge in [0.1, 0.15) is 0 Å². The molecule has 3 aromatic rings. The van der Waals surface area contributed by atoms with Crippen molar-refractivity contribution < 1.29 is 14.4 Å². The summed E-state index contributed by atoms with van der Waals surface area (Å²) in [7, 11) is -4.04. The van der Waals surface area contributed by atoms with Gasteiger partial charge in [-0.1, -0.05) is 65.4 Å². The van der Waals surface area contributed by atoms with Crippen molar-refractivity contribution in [3.63, 3.8) is 0 Å². The van der Waals surface area contributed by atoms with E-state index in [4.69, 9.17) is 0 Å². The van der Waals surface area contributed by atoms with Gasteiger partial charge in [0.25, 0.3) is 0 Å². The van der Waals surface area contributed by atoms with Crippen LogP contribution < -0.4 is 4.90 Å². The van der Waals surface area contributed by atoms with Gasteiger partial charge < -0.3 is 14.7 Å². The molecule has 4 nitrogen and oxygen atoms in total. The predicted molar refractivity (Wildman–Crippen MR) is 165 cm³/mol. The predicted octanol–water partition coefficient (Wildman–Crippen LogP) is 9.74. The third-order valence-corrected chi connectivity index (χ3v) is 12.3. The summed E-state index contributed by atoms with van der Waals surface area (Å²) in [5.74, 6) is 0. The standard InChI is InChI=1S/C31H42NO3PS2/c1-7-30(5,8-2)23-13-15-25-28(21-23)37-27-20-22(26-16-17-29(38-26)31(6,9-3)10-4)12-14-24(27)32(25)18-11-19-36(33,34)35/h12-17,20-21H,7-11,18-19H2,1-6H3,(H2,33,34,35). The van der Waals surface area contributed by atoms with Gasteiger partial charge in [-0.3, -0.25) is 4.57 Å². The Morgan fingerprint density at radius 3 is 2.03 bits per heavy atom. The second kappa shape index (κ2) is 11.5. The highest BCUT2D eigenvalue weighted by atomic mass is 32.2. The molecule has 2 N–H and O–H groups in total. The maximum Gasteiger partial charge on any atom is 0.325 e. The molecule has 0 radical (unpaired) electrons. The summed E-state index contributed by atoms with van der Waals surface area (Å²) in [4.78, 5) is 26.3. The van der Waals surface area contributed by atoms with E-state index in [9.17, 15) is 14.4 Å². The van der Waals surface area contributed by atoms with Crippen LogP contribution in [0.5, 0.6) is 0 Å². The molecular formula is C31H42NO3PS2. The van der Waals surface area contributed by atoms with Crippen LogP contribution in [-0.2, 0) is 15.4 Å². The maximum absolute atomic E-state index is 11.6. The van der Waals surface area contributed by atoms with E-state index in [2.05, 4.69) is 95.0 Å². The summed E-state index contributed by atoms with van der Waals surface area (Å²) in [6.07, 6.45) is 4.73. The number of hydrogen-bond donors (Lipinski definition) is 2. The van der Waals surface area contributed by atoms with Crippen LogP contribution in [0.3, 0.4) is 0 Å². The number of nitrogens with zero attached hydrogens (tertiary/aromatic N) is 1. The summed E-state index contributed by atoms with van der Waals surface area (Å²) >= 11 is 3.71. The number of fused-ring (bicyclic) bond motifs is 2. The fourth-order valence-electron chi connectivity index (χ4n) is 5.16. The smallest absolute Gasteiger partial charge is 0.325 e. The molecule has 0 bridgehead atoms. The van der Waals surface area contributed by atoms with E-state index < -0.39 is 7.60 Å². The van der Waals surface area contributed by atoms with Crippen molar-refractivity contribution in [2.75, 3.05) is 17.6 Å². The molecule has 0 aliphatic carbocycles. The number of rotatable bonds is 11. The zero-order chi connectivity index (χ0) is 27.7. The van der Waals surface area contributed by atoms with Gasteiger partial charge in [0.15, 0.2) is 0 Å². The van der Waals surface area contributed by atoms with Crippen molar-refractivity contribution in [2.24, 2.45) is 0 Å². The summed E-state index contributed by atoms with van der Waals surface area (Å²) in [6.45, 7) is 14.3. The van der Waals surface area contributed by atoms with Crippen LogP contribution in [0, 0.1) is 0 Å². The van der Waals surface area contributed by atoms with E-state index >= 15 is 0 Å². The molecule has 7 heteroatoms. The van der Waals surface area contributed by atoms with Crippen LogP contribution in [0.1, 0.15) is 84.1 Å². The molecule has 38 heavy (non-hydrogen) atoms. The Hall–Kier alpha value is -1.56. The Labute approximate surface area is 237 Å². The van der Waals surface area contributed by atoms with Crippen LogP contribution in [0.15, 0.2) is 58.3 Å². The second-order valence-electron chi connectivity index (χ2n) is 11.1. The third kappa shape index (κ3) is 5.95.